The van der Waals surface area contributed by atoms with Gasteiger partial charge in [-0.25, -0.2) is 4.99 Å². The average Bonchev–Trinajstić information content (AvgIpc) is 2.79. The maximum absolute atomic E-state index is 9.76. The molecule has 2 N–H and O–H groups in total. The zero-order chi connectivity index (χ0) is 14.6. The number of nitrogens with zero attached hydrogens (tertiary/aromatic N) is 3. The van der Waals surface area contributed by atoms with Crippen molar-refractivity contribution in [2.24, 2.45) is 21.6 Å². The first-order valence-corrected chi connectivity index (χ1v) is 6.80. The summed E-state index contributed by atoms with van der Waals surface area (Å²) in [4.78, 5) is 5.05. The lowest BCUT2D eigenvalue weighted by Gasteiger charge is -2.29. The first-order chi connectivity index (χ1) is 9.60. The number of hydrogen-bond donors (Lipinski definition) is 1. The summed E-state index contributed by atoms with van der Waals surface area (Å²) >= 11 is 1.48. The third kappa shape index (κ3) is 1.01. The number of nitrogens with two attached hydrogens (primary N) is 1. The topological polar surface area (TPSA) is 104 Å². The second kappa shape index (κ2) is 3.80. The zero-order valence-corrected chi connectivity index (χ0v) is 11.8. The molecule has 0 aromatic carbocycles. The van der Waals surface area contributed by atoms with Crippen LogP contribution in [0.4, 0.5) is 0 Å². The molecule has 1 aliphatic carbocycles. The molecular formula is C13H12N4O2S. The van der Waals surface area contributed by atoms with Crippen LogP contribution in [-0.4, -0.2) is 26.0 Å². The van der Waals surface area contributed by atoms with E-state index < -0.39 is 16.7 Å². The van der Waals surface area contributed by atoms with Gasteiger partial charge in [-0.1, -0.05) is 6.07 Å². The molecule has 3 atom stereocenters. The van der Waals surface area contributed by atoms with Crippen LogP contribution >= 0.6 is 11.3 Å². The molecule has 1 aliphatic heterocycles. The van der Waals surface area contributed by atoms with Gasteiger partial charge in [-0.3, -0.25) is 0 Å². The summed E-state index contributed by atoms with van der Waals surface area (Å²) in [5.41, 5.74) is 3.55. The Kier molecular flexibility index (Phi) is 2.48. The van der Waals surface area contributed by atoms with Crippen molar-refractivity contribution in [2.75, 3.05) is 14.2 Å². The summed E-state index contributed by atoms with van der Waals surface area (Å²) in [5, 5.41) is 21.3. The number of methoxy groups -OCH3 is 2. The van der Waals surface area contributed by atoms with Gasteiger partial charge >= 0.3 is 0 Å². The van der Waals surface area contributed by atoms with E-state index in [0.29, 0.717) is 0 Å². The van der Waals surface area contributed by atoms with Crippen molar-refractivity contribution in [1.29, 1.82) is 10.5 Å². The Morgan fingerprint density at radius 3 is 2.50 bits per heavy atom. The number of ether oxygens (including phenoxy) is 2. The predicted molar refractivity (Wildman–Crippen MR) is 71.5 cm³/mol. The van der Waals surface area contributed by atoms with E-state index >= 15 is 0 Å². The van der Waals surface area contributed by atoms with Gasteiger partial charge in [0.1, 0.15) is 5.84 Å². The number of rotatable bonds is 3. The summed E-state index contributed by atoms with van der Waals surface area (Å²) in [6.45, 7) is 0. The van der Waals surface area contributed by atoms with Crippen LogP contribution in [0.1, 0.15) is 10.8 Å². The van der Waals surface area contributed by atoms with E-state index in [9.17, 15) is 10.5 Å². The highest BCUT2D eigenvalue weighted by molar-refractivity contribution is 7.10. The van der Waals surface area contributed by atoms with E-state index in [4.69, 9.17) is 15.2 Å². The molecule has 6 nitrogen and oxygen atoms in total. The molecule has 1 fully saturated rings. The second-order valence-electron chi connectivity index (χ2n) is 4.78. The monoisotopic (exact) mass is 288 g/mol. The fraction of sp³-hybridized carbons (Fsp3) is 0.462. The maximum Gasteiger partial charge on any atom is 0.292 e. The molecule has 1 aromatic rings. The smallest absolute Gasteiger partial charge is 0.292 e. The molecule has 0 saturated heterocycles. The lowest BCUT2D eigenvalue weighted by atomic mass is 9.94. The highest BCUT2D eigenvalue weighted by Gasteiger charge is 2.93. The summed E-state index contributed by atoms with van der Waals surface area (Å²) in [6, 6.07) is 8.15. The summed E-state index contributed by atoms with van der Waals surface area (Å²) in [5.74, 6) is -1.82. The molecule has 0 amide bonds. The Balaban J connectivity index is 2.26. The molecule has 7 heteroatoms. The number of fused-ring (bicyclic) bond motifs is 1. The van der Waals surface area contributed by atoms with Crippen LogP contribution in [0, 0.1) is 33.5 Å². The van der Waals surface area contributed by atoms with Crippen molar-refractivity contribution >= 4 is 17.2 Å². The SMILES string of the molecule is COC1(OC)N=C(N)[C@@]2(C#N)[C@@H](c3cccs3)[C@@]12C#N. The van der Waals surface area contributed by atoms with Gasteiger partial charge < -0.3 is 15.2 Å². The first-order valence-electron chi connectivity index (χ1n) is 5.92. The number of nitriles is 2. The molecule has 2 aliphatic rings. The molecule has 1 saturated carbocycles. The third-order valence-corrected chi connectivity index (χ3v) is 5.25. The van der Waals surface area contributed by atoms with Crippen molar-refractivity contribution in [3.63, 3.8) is 0 Å². The van der Waals surface area contributed by atoms with Crippen LogP contribution in [0.2, 0.25) is 0 Å². The highest BCUT2D eigenvalue weighted by atomic mass is 32.1. The van der Waals surface area contributed by atoms with Gasteiger partial charge in [0, 0.05) is 25.0 Å². The van der Waals surface area contributed by atoms with E-state index in [1.165, 1.54) is 25.6 Å². The minimum atomic E-state index is -1.53. The summed E-state index contributed by atoms with van der Waals surface area (Å²) in [6.07, 6.45) is 0. The molecule has 102 valence electrons. The number of aliphatic imine (C=N–C) groups is 1. The molecule has 0 unspecified atom stereocenters. The molecule has 20 heavy (non-hydrogen) atoms. The van der Waals surface area contributed by atoms with Crippen molar-refractivity contribution in [3.8, 4) is 12.1 Å². The molecule has 3 rings (SSSR count). The third-order valence-electron chi connectivity index (χ3n) is 4.31. The van der Waals surface area contributed by atoms with Crippen LogP contribution in [-0.2, 0) is 9.47 Å². The van der Waals surface area contributed by atoms with Crippen molar-refractivity contribution in [2.45, 2.75) is 11.8 Å². The molecule has 2 heterocycles. The van der Waals surface area contributed by atoms with Crippen molar-refractivity contribution in [1.82, 2.24) is 0 Å². The molecule has 0 radical (unpaired) electrons. The Bertz CT molecular complexity index is 668. The second-order valence-corrected chi connectivity index (χ2v) is 5.75. The van der Waals surface area contributed by atoms with E-state index in [0.717, 1.165) is 4.88 Å². The van der Waals surface area contributed by atoms with E-state index in [2.05, 4.69) is 17.1 Å². The summed E-state index contributed by atoms with van der Waals surface area (Å²) in [7, 11) is 2.80. The van der Waals surface area contributed by atoms with Crippen LogP contribution in [0.3, 0.4) is 0 Å². The number of thiophene rings is 1. The van der Waals surface area contributed by atoms with Gasteiger partial charge in [-0.15, -0.1) is 11.3 Å². The molecule has 1 aromatic heterocycles. The van der Waals surface area contributed by atoms with E-state index in [-0.39, 0.29) is 11.8 Å². The zero-order valence-electron chi connectivity index (χ0n) is 11.0. The van der Waals surface area contributed by atoms with Crippen LogP contribution in [0.15, 0.2) is 22.5 Å². The Labute approximate surface area is 120 Å². The van der Waals surface area contributed by atoms with Crippen molar-refractivity contribution in [3.05, 3.63) is 22.4 Å². The lowest BCUT2D eigenvalue weighted by Crippen LogP contribution is -2.41. The van der Waals surface area contributed by atoms with Crippen LogP contribution in [0.5, 0.6) is 0 Å². The Morgan fingerprint density at radius 2 is 2.05 bits per heavy atom. The van der Waals surface area contributed by atoms with E-state index in [1.54, 1.807) is 0 Å². The average molecular weight is 288 g/mol. The standard InChI is InChI=1S/C13H12N4O2S/c1-18-13(19-2)12(7-15)9(8-4-3-5-20-8)11(12,6-14)10(16)17-13/h3-5,9H,1-2H3,(H2,16,17)/t9-,11-,12-/m1/s1. The summed E-state index contributed by atoms with van der Waals surface area (Å²) < 4.78 is 10.7. The Morgan fingerprint density at radius 1 is 1.35 bits per heavy atom. The first kappa shape index (κ1) is 13.1. The minimum absolute atomic E-state index is 0.101. The highest BCUT2D eigenvalue weighted by Crippen LogP contribution is 2.82. The maximum atomic E-state index is 9.76. The molecule has 0 bridgehead atoms. The van der Waals surface area contributed by atoms with Crippen LogP contribution < -0.4 is 5.73 Å². The number of hydrogen-bond acceptors (Lipinski definition) is 7. The Hall–Kier alpha value is -1.93. The van der Waals surface area contributed by atoms with Gasteiger partial charge in [0.25, 0.3) is 5.91 Å². The molecule has 0 spiro atoms. The van der Waals surface area contributed by atoms with Gasteiger partial charge in [0.15, 0.2) is 10.8 Å². The predicted octanol–water partition coefficient (Wildman–Crippen LogP) is 1.18. The van der Waals surface area contributed by atoms with Crippen molar-refractivity contribution < 1.29 is 9.47 Å². The van der Waals surface area contributed by atoms with Gasteiger partial charge in [-0.2, -0.15) is 10.5 Å². The minimum Gasteiger partial charge on any atom is -0.386 e. The fourth-order valence-electron chi connectivity index (χ4n) is 3.40. The quantitative estimate of drug-likeness (QED) is 0.841. The van der Waals surface area contributed by atoms with Gasteiger partial charge in [0.2, 0.25) is 0 Å². The van der Waals surface area contributed by atoms with Gasteiger partial charge in [-0.05, 0) is 11.4 Å². The fourth-order valence-corrected chi connectivity index (χ4v) is 4.36. The van der Waals surface area contributed by atoms with Crippen LogP contribution in [0.25, 0.3) is 0 Å². The lowest BCUT2D eigenvalue weighted by molar-refractivity contribution is -0.230. The van der Waals surface area contributed by atoms with E-state index in [1.807, 2.05) is 17.5 Å². The largest absolute Gasteiger partial charge is 0.386 e. The van der Waals surface area contributed by atoms with Gasteiger partial charge in [0.05, 0.1) is 12.1 Å². The number of amidine groups is 1. The molecular weight excluding hydrogens is 276 g/mol. The normalized spacial score (nSPS) is 36.6.